The van der Waals surface area contributed by atoms with Crippen molar-refractivity contribution in [2.75, 3.05) is 6.54 Å². The van der Waals surface area contributed by atoms with Crippen LogP contribution < -0.4 is 5.73 Å². The lowest BCUT2D eigenvalue weighted by molar-refractivity contribution is -0.126. The highest BCUT2D eigenvalue weighted by molar-refractivity contribution is 8.00. The Bertz CT molecular complexity index is 154. The van der Waals surface area contributed by atoms with E-state index in [4.69, 9.17) is 5.73 Å². The largest absolute Gasteiger partial charge is 0.401 e. The molecule has 1 saturated carbocycles. The molecule has 1 aliphatic carbocycles. The fourth-order valence-electron chi connectivity index (χ4n) is 1.52. The van der Waals surface area contributed by atoms with Crippen LogP contribution in [0.3, 0.4) is 0 Å². The lowest BCUT2D eigenvalue weighted by atomic mass is 10.4. The van der Waals surface area contributed by atoms with Gasteiger partial charge in [-0.1, -0.05) is 12.8 Å². The van der Waals surface area contributed by atoms with E-state index in [0.29, 0.717) is 0 Å². The van der Waals surface area contributed by atoms with Gasteiger partial charge in [-0.15, -0.1) is 11.8 Å². The third-order valence-corrected chi connectivity index (χ3v) is 3.88. The monoisotopic (exact) mass is 213 g/mol. The second kappa shape index (κ2) is 4.55. The lowest BCUT2D eigenvalue weighted by Gasteiger charge is -2.21. The summed E-state index contributed by atoms with van der Waals surface area (Å²) >= 11 is 1.01. The van der Waals surface area contributed by atoms with Gasteiger partial charge in [0.2, 0.25) is 0 Å². The van der Waals surface area contributed by atoms with E-state index in [9.17, 15) is 13.2 Å². The van der Waals surface area contributed by atoms with Crippen LogP contribution >= 0.6 is 11.8 Å². The summed E-state index contributed by atoms with van der Waals surface area (Å²) in [5.41, 5.74) is 5.10. The molecule has 1 rings (SSSR count). The first kappa shape index (κ1) is 11.2. The Balaban J connectivity index is 2.39. The summed E-state index contributed by atoms with van der Waals surface area (Å²) in [4.78, 5) is 0. The van der Waals surface area contributed by atoms with Gasteiger partial charge in [-0.3, -0.25) is 0 Å². The van der Waals surface area contributed by atoms with E-state index in [1.165, 1.54) is 0 Å². The third-order valence-electron chi connectivity index (χ3n) is 2.24. The Morgan fingerprint density at radius 3 is 2.23 bits per heavy atom. The van der Waals surface area contributed by atoms with E-state index < -0.39 is 11.4 Å². The van der Waals surface area contributed by atoms with Crippen LogP contribution in [0.1, 0.15) is 25.7 Å². The van der Waals surface area contributed by atoms with Crippen LogP contribution in [0.4, 0.5) is 13.2 Å². The highest BCUT2D eigenvalue weighted by Gasteiger charge is 2.40. The van der Waals surface area contributed by atoms with Gasteiger partial charge in [0.1, 0.15) is 5.25 Å². The first-order chi connectivity index (χ1) is 6.04. The van der Waals surface area contributed by atoms with Gasteiger partial charge in [-0.25, -0.2) is 0 Å². The highest BCUT2D eigenvalue weighted by Crippen LogP contribution is 2.38. The van der Waals surface area contributed by atoms with E-state index in [1.54, 1.807) is 0 Å². The molecule has 5 heteroatoms. The first-order valence-corrected chi connectivity index (χ1v) is 5.40. The zero-order valence-electron chi connectivity index (χ0n) is 7.31. The summed E-state index contributed by atoms with van der Waals surface area (Å²) in [6.07, 6.45) is -0.184. The van der Waals surface area contributed by atoms with Gasteiger partial charge < -0.3 is 5.73 Å². The molecule has 0 saturated heterocycles. The quantitative estimate of drug-likeness (QED) is 0.779. The Morgan fingerprint density at radius 1 is 1.31 bits per heavy atom. The number of rotatable bonds is 3. The Morgan fingerprint density at radius 2 is 1.85 bits per heavy atom. The zero-order valence-corrected chi connectivity index (χ0v) is 8.13. The number of alkyl halides is 3. The predicted molar refractivity (Wildman–Crippen MR) is 48.7 cm³/mol. The second-order valence-electron chi connectivity index (χ2n) is 3.31. The Hall–Kier alpha value is 0.100. The van der Waals surface area contributed by atoms with Crippen LogP contribution in [0, 0.1) is 0 Å². The number of halogens is 3. The van der Waals surface area contributed by atoms with E-state index in [0.717, 1.165) is 37.4 Å². The summed E-state index contributed by atoms with van der Waals surface area (Å²) in [7, 11) is 0. The topological polar surface area (TPSA) is 26.0 Å². The molecule has 0 radical (unpaired) electrons. The molecule has 0 spiro atoms. The Labute approximate surface area is 80.2 Å². The molecule has 1 unspecified atom stereocenters. The molecule has 1 atom stereocenters. The molecule has 0 aliphatic heterocycles. The predicted octanol–water partition coefficient (Wildman–Crippen LogP) is 2.55. The molecule has 1 aliphatic rings. The molecule has 1 fully saturated rings. The first-order valence-electron chi connectivity index (χ1n) is 4.46. The normalized spacial score (nSPS) is 22.2. The maximum atomic E-state index is 12.3. The van der Waals surface area contributed by atoms with Crippen molar-refractivity contribution in [2.45, 2.75) is 42.4 Å². The maximum absolute atomic E-state index is 12.3. The molecule has 0 amide bonds. The van der Waals surface area contributed by atoms with Gasteiger partial charge in [0, 0.05) is 11.8 Å². The van der Waals surface area contributed by atoms with Crippen LogP contribution in [0.25, 0.3) is 0 Å². The van der Waals surface area contributed by atoms with Gasteiger partial charge in [-0.05, 0) is 12.8 Å². The van der Waals surface area contributed by atoms with Gasteiger partial charge in [0.05, 0.1) is 0 Å². The van der Waals surface area contributed by atoms with Crippen molar-refractivity contribution in [3.8, 4) is 0 Å². The van der Waals surface area contributed by atoms with Crippen molar-refractivity contribution in [1.29, 1.82) is 0 Å². The van der Waals surface area contributed by atoms with E-state index >= 15 is 0 Å². The average molecular weight is 213 g/mol. The number of nitrogens with two attached hydrogens (primary N) is 1. The van der Waals surface area contributed by atoms with E-state index in [2.05, 4.69) is 0 Å². The molecule has 13 heavy (non-hydrogen) atoms. The molecule has 0 aromatic carbocycles. The van der Waals surface area contributed by atoms with Crippen LogP contribution in [0.2, 0.25) is 0 Å². The van der Waals surface area contributed by atoms with Crippen molar-refractivity contribution in [1.82, 2.24) is 0 Å². The SMILES string of the molecule is NCC(SC1CCCC1)C(F)(F)F. The molecular formula is C8H14F3NS. The highest BCUT2D eigenvalue weighted by atomic mass is 32.2. The molecule has 0 heterocycles. The molecule has 2 N–H and O–H groups in total. The standard InChI is InChI=1S/C8H14F3NS/c9-8(10,11)7(5-12)13-6-3-1-2-4-6/h6-7H,1-5,12H2. The maximum Gasteiger partial charge on any atom is 0.401 e. The van der Waals surface area contributed by atoms with Crippen molar-refractivity contribution in [2.24, 2.45) is 5.73 Å². The molecule has 0 aromatic heterocycles. The van der Waals surface area contributed by atoms with Gasteiger partial charge in [-0.2, -0.15) is 13.2 Å². The van der Waals surface area contributed by atoms with Crippen molar-refractivity contribution < 1.29 is 13.2 Å². The van der Waals surface area contributed by atoms with Crippen molar-refractivity contribution >= 4 is 11.8 Å². The van der Waals surface area contributed by atoms with Crippen LogP contribution in [-0.4, -0.2) is 23.2 Å². The smallest absolute Gasteiger partial charge is 0.329 e. The second-order valence-corrected chi connectivity index (χ2v) is 4.82. The summed E-state index contributed by atoms with van der Waals surface area (Å²) < 4.78 is 36.8. The minimum Gasteiger partial charge on any atom is -0.329 e. The summed E-state index contributed by atoms with van der Waals surface area (Å²) in [5, 5.41) is -1.19. The fourth-order valence-corrected chi connectivity index (χ4v) is 2.86. The molecular weight excluding hydrogens is 199 g/mol. The van der Waals surface area contributed by atoms with E-state index in [-0.39, 0.29) is 11.8 Å². The van der Waals surface area contributed by atoms with Gasteiger partial charge >= 0.3 is 6.18 Å². The van der Waals surface area contributed by atoms with Crippen LogP contribution in [0.5, 0.6) is 0 Å². The summed E-state index contributed by atoms with van der Waals surface area (Å²) in [6.45, 7) is -0.301. The van der Waals surface area contributed by atoms with Crippen LogP contribution in [-0.2, 0) is 0 Å². The van der Waals surface area contributed by atoms with Crippen molar-refractivity contribution in [3.63, 3.8) is 0 Å². The number of hydrogen-bond donors (Lipinski definition) is 1. The fraction of sp³-hybridized carbons (Fsp3) is 1.00. The number of thioether (sulfide) groups is 1. The summed E-state index contributed by atoms with van der Waals surface area (Å²) in [5.74, 6) is 0. The van der Waals surface area contributed by atoms with Gasteiger partial charge in [0.15, 0.2) is 0 Å². The number of hydrogen-bond acceptors (Lipinski definition) is 2. The third kappa shape index (κ3) is 3.38. The summed E-state index contributed by atoms with van der Waals surface area (Å²) in [6, 6.07) is 0. The van der Waals surface area contributed by atoms with Crippen molar-refractivity contribution in [3.05, 3.63) is 0 Å². The average Bonchev–Trinajstić information content (AvgIpc) is 2.49. The molecule has 78 valence electrons. The van der Waals surface area contributed by atoms with E-state index in [1.807, 2.05) is 0 Å². The minimum atomic E-state index is -4.14. The molecule has 0 aromatic rings. The van der Waals surface area contributed by atoms with Crippen LogP contribution in [0.15, 0.2) is 0 Å². The molecule has 0 bridgehead atoms. The van der Waals surface area contributed by atoms with Gasteiger partial charge in [0.25, 0.3) is 0 Å². The lowest BCUT2D eigenvalue weighted by Crippen LogP contribution is -2.34. The Kier molecular flexibility index (Phi) is 3.91. The molecule has 1 nitrogen and oxygen atoms in total. The zero-order chi connectivity index (χ0) is 9.90. The minimum absolute atomic E-state index is 0.176.